The maximum atomic E-state index is 11.9. The predicted molar refractivity (Wildman–Crippen MR) is 86.2 cm³/mol. The zero-order chi connectivity index (χ0) is 15.4. The summed E-state index contributed by atoms with van der Waals surface area (Å²) in [5, 5.41) is 12.2. The van der Waals surface area contributed by atoms with E-state index in [0.717, 1.165) is 11.3 Å². The predicted octanol–water partition coefficient (Wildman–Crippen LogP) is 3.21. The lowest BCUT2D eigenvalue weighted by Gasteiger charge is -2.14. The lowest BCUT2D eigenvalue weighted by atomic mass is 10.1. The van der Waals surface area contributed by atoms with E-state index in [-0.39, 0.29) is 12.1 Å². The van der Waals surface area contributed by atoms with E-state index in [2.05, 4.69) is 20.7 Å². The fourth-order valence-corrected chi connectivity index (χ4v) is 2.56. The van der Waals surface area contributed by atoms with E-state index in [0.29, 0.717) is 5.13 Å². The van der Waals surface area contributed by atoms with Gasteiger partial charge in [-0.2, -0.15) is 5.10 Å². The van der Waals surface area contributed by atoms with Gasteiger partial charge >= 0.3 is 6.03 Å². The van der Waals surface area contributed by atoms with Crippen LogP contribution in [0.1, 0.15) is 18.5 Å². The van der Waals surface area contributed by atoms with E-state index in [1.165, 1.54) is 11.3 Å². The molecule has 2 amide bonds. The molecule has 3 rings (SSSR count). The van der Waals surface area contributed by atoms with Gasteiger partial charge in [0, 0.05) is 24.0 Å². The molecule has 0 saturated heterocycles. The smallest absolute Gasteiger partial charge is 0.321 e. The average Bonchev–Trinajstić information content (AvgIpc) is 3.20. The standard InChI is InChI=1S/C15H15N5OS/c1-11(18-14(21)19-15-16-8-10-22-15)12-3-5-13(6-4-12)20-9-2-7-17-20/h2-11H,1H3,(H2,16,18,19,21)/t11-/m1/s1. The van der Waals surface area contributed by atoms with Crippen LogP contribution in [0.3, 0.4) is 0 Å². The number of anilines is 1. The third-order valence-corrected chi connectivity index (χ3v) is 3.85. The second kappa shape index (κ2) is 6.40. The molecule has 0 radical (unpaired) electrons. The minimum atomic E-state index is -0.265. The Balaban J connectivity index is 1.62. The van der Waals surface area contributed by atoms with E-state index >= 15 is 0 Å². The average molecular weight is 313 g/mol. The second-order valence-corrected chi connectivity index (χ2v) is 5.59. The maximum absolute atomic E-state index is 11.9. The van der Waals surface area contributed by atoms with Gasteiger partial charge in [-0.3, -0.25) is 5.32 Å². The van der Waals surface area contributed by atoms with Gasteiger partial charge in [-0.25, -0.2) is 14.5 Å². The number of aromatic nitrogens is 3. The van der Waals surface area contributed by atoms with E-state index < -0.39 is 0 Å². The molecule has 3 aromatic rings. The highest BCUT2D eigenvalue weighted by atomic mass is 32.1. The largest absolute Gasteiger partial charge is 0.331 e. The van der Waals surface area contributed by atoms with Crippen LogP contribution in [-0.4, -0.2) is 20.8 Å². The van der Waals surface area contributed by atoms with Crippen molar-refractivity contribution >= 4 is 22.5 Å². The van der Waals surface area contributed by atoms with Gasteiger partial charge in [0.1, 0.15) is 0 Å². The topological polar surface area (TPSA) is 71.8 Å². The Morgan fingerprint density at radius 3 is 2.73 bits per heavy atom. The number of thiazole rings is 1. The fourth-order valence-electron chi connectivity index (χ4n) is 2.04. The number of hydrogen-bond donors (Lipinski definition) is 2. The lowest BCUT2D eigenvalue weighted by molar-refractivity contribution is 0.249. The number of benzene rings is 1. The van der Waals surface area contributed by atoms with Crippen molar-refractivity contribution in [2.75, 3.05) is 5.32 Å². The number of rotatable bonds is 4. The molecule has 2 N–H and O–H groups in total. The summed E-state index contributed by atoms with van der Waals surface area (Å²) in [5.74, 6) is 0. The third-order valence-electron chi connectivity index (χ3n) is 3.16. The zero-order valence-corrected chi connectivity index (χ0v) is 12.7. The molecule has 0 aliphatic heterocycles. The number of carbonyl (C=O) groups is 1. The summed E-state index contributed by atoms with van der Waals surface area (Å²) in [6.45, 7) is 1.93. The number of hydrogen-bond acceptors (Lipinski definition) is 4. The maximum Gasteiger partial charge on any atom is 0.321 e. The van der Waals surface area contributed by atoms with Crippen molar-refractivity contribution in [2.24, 2.45) is 0 Å². The van der Waals surface area contributed by atoms with Crippen LogP contribution in [0.15, 0.2) is 54.3 Å². The van der Waals surface area contributed by atoms with Gasteiger partial charge in [0.15, 0.2) is 5.13 Å². The molecule has 7 heteroatoms. The molecule has 1 aromatic carbocycles. The number of nitrogens with zero attached hydrogens (tertiary/aromatic N) is 3. The minimum Gasteiger partial charge on any atom is -0.331 e. The molecule has 0 fully saturated rings. The number of amides is 2. The van der Waals surface area contributed by atoms with Crippen LogP contribution >= 0.6 is 11.3 Å². The highest BCUT2D eigenvalue weighted by Gasteiger charge is 2.10. The second-order valence-electron chi connectivity index (χ2n) is 4.70. The first kappa shape index (κ1) is 14.3. The van der Waals surface area contributed by atoms with Crippen molar-refractivity contribution in [3.8, 4) is 5.69 Å². The summed E-state index contributed by atoms with van der Waals surface area (Å²) < 4.78 is 1.79. The van der Waals surface area contributed by atoms with Gasteiger partial charge in [0.2, 0.25) is 0 Å². The first-order chi connectivity index (χ1) is 10.7. The molecule has 6 nitrogen and oxygen atoms in total. The van der Waals surface area contributed by atoms with Crippen molar-refractivity contribution in [3.63, 3.8) is 0 Å². The molecule has 0 aliphatic rings. The Bertz CT molecular complexity index is 722. The third kappa shape index (κ3) is 3.32. The summed E-state index contributed by atoms with van der Waals surface area (Å²) in [6, 6.07) is 9.40. The highest BCUT2D eigenvalue weighted by molar-refractivity contribution is 7.13. The molecule has 0 saturated carbocycles. The SMILES string of the molecule is C[C@@H](NC(=O)Nc1nccs1)c1ccc(-n2cccn2)cc1. The molecule has 2 heterocycles. The fraction of sp³-hybridized carbons (Fsp3) is 0.133. The van der Waals surface area contributed by atoms with Crippen molar-refractivity contribution in [3.05, 3.63) is 59.9 Å². The Kier molecular flexibility index (Phi) is 4.15. The lowest BCUT2D eigenvalue weighted by Crippen LogP contribution is -2.31. The first-order valence-corrected chi connectivity index (χ1v) is 7.67. The quantitative estimate of drug-likeness (QED) is 0.777. The van der Waals surface area contributed by atoms with Crippen LogP contribution < -0.4 is 10.6 Å². The molecule has 0 aliphatic carbocycles. The monoisotopic (exact) mass is 313 g/mol. The summed E-state index contributed by atoms with van der Waals surface area (Å²) in [7, 11) is 0. The molecule has 0 unspecified atom stereocenters. The van der Waals surface area contributed by atoms with Crippen molar-refractivity contribution in [1.82, 2.24) is 20.1 Å². The molecule has 22 heavy (non-hydrogen) atoms. The van der Waals surface area contributed by atoms with Crippen LogP contribution in [0.5, 0.6) is 0 Å². The molecule has 112 valence electrons. The van der Waals surface area contributed by atoms with Gasteiger partial charge in [-0.15, -0.1) is 11.3 Å². The Morgan fingerprint density at radius 2 is 2.09 bits per heavy atom. The highest BCUT2D eigenvalue weighted by Crippen LogP contribution is 2.16. The summed E-state index contributed by atoms with van der Waals surface area (Å²) in [4.78, 5) is 15.9. The van der Waals surface area contributed by atoms with Gasteiger partial charge < -0.3 is 5.32 Å². The van der Waals surface area contributed by atoms with E-state index in [4.69, 9.17) is 0 Å². The first-order valence-electron chi connectivity index (χ1n) is 6.79. The van der Waals surface area contributed by atoms with Gasteiger partial charge in [0.05, 0.1) is 11.7 Å². The van der Waals surface area contributed by atoms with Crippen molar-refractivity contribution in [1.29, 1.82) is 0 Å². The molecule has 0 bridgehead atoms. The van der Waals surface area contributed by atoms with E-state index in [9.17, 15) is 4.79 Å². The van der Waals surface area contributed by atoms with Crippen molar-refractivity contribution < 1.29 is 4.79 Å². The van der Waals surface area contributed by atoms with Crippen molar-refractivity contribution in [2.45, 2.75) is 13.0 Å². The molecule has 1 atom stereocenters. The van der Waals surface area contributed by atoms with Crippen LogP contribution in [0.4, 0.5) is 9.93 Å². The van der Waals surface area contributed by atoms with Crippen LogP contribution in [-0.2, 0) is 0 Å². The number of carbonyl (C=O) groups excluding carboxylic acids is 1. The van der Waals surface area contributed by atoms with Crippen LogP contribution in [0.25, 0.3) is 5.69 Å². The molecular formula is C15H15N5OS. The normalized spacial score (nSPS) is 11.9. The summed E-state index contributed by atoms with van der Waals surface area (Å²) >= 11 is 1.38. The Hall–Kier alpha value is -2.67. The van der Waals surface area contributed by atoms with Gasteiger partial charge in [-0.1, -0.05) is 12.1 Å². The summed E-state index contributed by atoms with van der Waals surface area (Å²) in [6.07, 6.45) is 5.27. The Morgan fingerprint density at radius 1 is 1.27 bits per heavy atom. The Labute approximate surface area is 131 Å². The van der Waals surface area contributed by atoms with Gasteiger partial charge in [-0.05, 0) is 30.7 Å². The van der Waals surface area contributed by atoms with E-state index in [1.807, 2.05) is 48.8 Å². The molecule has 2 aromatic heterocycles. The molecule has 0 spiro atoms. The van der Waals surface area contributed by atoms with E-state index in [1.54, 1.807) is 17.1 Å². The van der Waals surface area contributed by atoms with Crippen LogP contribution in [0, 0.1) is 0 Å². The molecular weight excluding hydrogens is 298 g/mol. The summed E-state index contributed by atoms with van der Waals surface area (Å²) in [5.41, 5.74) is 2.00. The van der Waals surface area contributed by atoms with Crippen LogP contribution in [0.2, 0.25) is 0 Å². The zero-order valence-electron chi connectivity index (χ0n) is 11.9. The minimum absolute atomic E-state index is 0.105. The van der Waals surface area contributed by atoms with Gasteiger partial charge in [0.25, 0.3) is 0 Å². The number of nitrogens with one attached hydrogen (secondary N) is 2. The number of urea groups is 1.